The van der Waals surface area contributed by atoms with Crippen molar-refractivity contribution in [2.24, 2.45) is 0 Å². The fourth-order valence-corrected chi connectivity index (χ4v) is 10.1. The Balaban J connectivity index is 4.10. The van der Waals surface area contributed by atoms with Gasteiger partial charge in [-0.3, -0.25) is 9.59 Å². The maximum atomic E-state index is 12.9. The van der Waals surface area contributed by atoms with Gasteiger partial charge in [-0.1, -0.05) is 299 Å². The highest BCUT2D eigenvalue weighted by molar-refractivity contribution is 5.70. The molecule has 0 bridgehead atoms. The molecule has 482 valence electrons. The molecule has 83 heavy (non-hydrogen) atoms. The number of quaternary nitrogens is 1. The van der Waals surface area contributed by atoms with E-state index in [0.29, 0.717) is 23.9 Å². The van der Waals surface area contributed by atoms with Crippen LogP contribution >= 0.6 is 0 Å². The second kappa shape index (κ2) is 64.7. The summed E-state index contributed by atoms with van der Waals surface area (Å²) in [4.78, 5) is 37.5. The average molecular weight is 1160 g/mol. The minimum atomic E-state index is -1.62. The van der Waals surface area contributed by atoms with E-state index in [9.17, 15) is 19.5 Å². The molecule has 2 unspecified atom stereocenters. The number of carboxylic acids is 1. The molecule has 0 saturated carbocycles. The lowest BCUT2D eigenvalue weighted by Crippen LogP contribution is -2.44. The van der Waals surface area contributed by atoms with Crippen molar-refractivity contribution in [3.63, 3.8) is 0 Å². The normalized spacial score (nSPS) is 13.1. The van der Waals surface area contributed by atoms with Gasteiger partial charge in [0.1, 0.15) is 13.2 Å². The first-order valence-electron chi connectivity index (χ1n) is 35.1. The topological polar surface area (TPSA) is 111 Å². The smallest absolute Gasteiger partial charge is 0.306 e. The molecular weight excluding hydrogens is 1030 g/mol. The summed E-state index contributed by atoms with van der Waals surface area (Å²) in [6.45, 7) is 4.68. The van der Waals surface area contributed by atoms with Crippen LogP contribution in [-0.4, -0.2) is 82.3 Å². The largest absolute Gasteiger partial charge is 0.545 e. The predicted octanol–water partition coefficient (Wildman–Crippen LogP) is 20.4. The molecule has 0 spiro atoms. The zero-order valence-electron chi connectivity index (χ0n) is 55.1. The van der Waals surface area contributed by atoms with E-state index in [1.165, 1.54) is 218 Å². The fourth-order valence-electron chi connectivity index (χ4n) is 10.1. The highest BCUT2D eigenvalue weighted by Crippen LogP contribution is 2.18. The molecule has 0 amide bonds. The molecular formula is C74H133NO8. The minimum absolute atomic E-state index is 0.147. The third kappa shape index (κ3) is 66.1. The number of likely N-dealkylation sites (N-methyl/N-ethyl adjacent to an activating group) is 1. The molecule has 0 aromatic rings. The second-order valence-corrected chi connectivity index (χ2v) is 24.8. The summed E-state index contributed by atoms with van der Waals surface area (Å²) in [6, 6.07) is 0. The first-order chi connectivity index (χ1) is 40.6. The van der Waals surface area contributed by atoms with Gasteiger partial charge in [0.15, 0.2) is 12.4 Å². The maximum Gasteiger partial charge on any atom is 0.306 e. The van der Waals surface area contributed by atoms with Crippen LogP contribution in [0.5, 0.6) is 0 Å². The fraction of sp³-hybridized carbons (Fsp3) is 0.797. The Morgan fingerprint density at radius 2 is 0.687 bits per heavy atom. The van der Waals surface area contributed by atoms with E-state index in [1.54, 1.807) is 0 Å². The first kappa shape index (κ1) is 79.7. The van der Waals surface area contributed by atoms with Crippen LogP contribution < -0.4 is 5.11 Å². The van der Waals surface area contributed by atoms with Crippen LogP contribution in [0.1, 0.15) is 322 Å². The Labute approximate surface area is 513 Å². The number of ether oxygens (including phenoxy) is 4. The molecule has 0 aliphatic carbocycles. The summed E-state index contributed by atoms with van der Waals surface area (Å²) in [7, 11) is 5.94. The van der Waals surface area contributed by atoms with Crippen LogP contribution in [0.2, 0.25) is 0 Å². The predicted molar refractivity (Wildman–Crippen MR) is 352 cm³/mol. The SMILES string of the molecule is CC/C=C\C/C=C\C/C=C\C/C=C\C/C=C\CCCCCCCCCCCCCCCC(=O)OC(COC(=O)CCCCCCCCCCCCCCCCCCC/C=C\CCCCCCCCCC)COC(OCC[N+](C)(C)C)C(=O)[O-]. The van der Waals surface area contributed by atoms with Gasteiger partial charge >= 0.3 is 11.9 Å². The van der Waals surface area contributed by atoms with E-state index in [-0.39, 0.29) is 32.2 Å². The number of carbonyl (C=O) groups is 3. The van der Waals surface area contributed by atoms with Crippen molar-refractivity contribution in [3.05, 3.63) is 72.9 Å². The molecule has 0 fully saturated rings. The Kier molecular flexibility index (Phi) is 62.2. The Bertz CT molecular complexity index is 1590. The highest BCUT2D eigenvalue weighted by Gasteiger charge is 2.22. The molecule has 0 saturated heterocycles. The molecule has 0 aromatic heterocycles. The van der Waals surface area contributed by atoms with E-state index in [0.717, 1.165) is 70.6 Å². The lowest BCUT2D eigenvalue weighted by atomic mass is 10.0. The van der Waals surface area contributed by atoms with E-state index < -0.39 is 24.3 Å². The number of nitrogens with zero attached hydrogens (tertiary/aromatic N) is 1. The van der Waals surface area contributed by atoms with Gasteiger partial charge in [0.2, 0.25) is 0 Å². The highest BCUT2D eigenvalue weighted by atomic mass is 16.7. The van der Waals surface area contributed by atoms with Crippen molar-refractivity contribution in [1.82, 2.24) is 0 Å². The van der Waals surface area contributed by atoms with Crippen LogP contribution in [-0.2, 0) is 33.3 Å². The molecule has 0 heterocycles. The van der Waals surface area contributed by atoms with Crippen molar-refractivity contribution < 1.29 is 42.9 Å². The number of carbonyl (C=O) groups excluding carboxylic acids is 3. The van der Waals surface area contributed by atoms with E-state index in [1.807, 2.05) is 21.1 Å². The molecule has 0 aliphatic rings. The van der Waals surface area contributed by atoms with Gasteiger partial charge in [-0.25, -0.2) is 0 Å². The summed E-state index contributed by atoms with van der Waals surface area (Å²) >= 11 is 0. The molecule has 0 aliphatic heterocycles. The molecule has 0 radical (unpaired) electrons. The first-order valence-corrected chi connectivity index (χ1v) is 35.1. The number of unbranched alkanes of at least 4 members (excludes halogenated alkanes) is 38. The van der Waals surface area contributed by atoms with Gasteiger partial charge < -0.3 is 33.3 Å². The lowest BCUT2D eigenvalue weighted by Gasteiger charge is -2.26. The van der Waals surface area contributed by atoms with Crippen molar-refractivity contribution in [2.45, 2.75) is 334 Å². The van der Waals surface area contributed by atoms with Crippen molar-refractivity contribution in [1.29, 1.82) is 0 Å². The van der Waals surface area contributed by atoms with Crippen molar-refractivity contribution in [2.75, 3.05) is 47.5 Å². The molecule has 0 N–H and O–H groups in total. The molecule has 2 atom stereocenters. The van der Waals surface area contributed by atoms with E-state index >= 15 is 0 Å². The van der Waals surface area contributed by atoms with E-state index in [4.69, 9.17) is 18.9 Å². The quantitative estimate of drug-likeness (QED) is 0.0195. The van der Waals surface area contributed by atoms with Crippen LogP contribution in [0, 0.1) is 0 Å². The Morgan fingerprint density at radius 3 is 1.04 bits per heavy atom. The van der Waals surface area contributed by atoms with Gasteiger partial charge in [0, 0.05) is 12.8 Å². The number of hydrogen-bond acceptors (Lipinski definition) is 8. The zero-order chi connectivity index (χ0) is 60.5. The molecule has 9 nitrogen and oxygen atoms in total. The third-order valence-electron chi connectivity index (χ3n) is 15.4. The monoisotopic (exact) mass is 1160 g/mol. The Morgan fingerprint density at radius 1 is 0.373 bits per heavy atom. The summed E-state index contributed by atoms with van der Waals surface area (Å²) in [5.74, 6) is -2.27. The van der Waals surface area contributed by atoms with Crippen LogP contribution in [0.4, 0.5) is 0 Å². The number of esters is 2. The standard InChI is InChI=1S/C74H133NO8/c1-6-8-10-12-14-16-18-20-22-24-26-28-30-32-34-36-38-40-42-44-46-48-50-52-54-56-58-60-62-64-71(76)81-68-70(69-82-74(73(78)79)80-67-66-75(3,4)5)83-72(77)65-63-61-59-57-55-53-51-49-47-45-43-41-39-37-35-33-31-29-27-25-23-21-19-17-15-13-11-9-7-2/h9,11,15,17,21,23-24,26-27,29,33,35,70,74H,6-8,10,12-14,16,18-20,22,25,28,30-32,34,36-69H2,1-5H3/b11-9-,17-15-,23-21-,26-24-,29-27-,35-33-. The van der Waals surface area contributed by atoms with Crippen molar-refractivity contribution in [3.8, 4) is 0 Å². The van der Waals surface area contributed by atoms with Gasteiger partial charge in [0.25, 0.3) is 0 Å². The van der Waals surface area contributed by atoms with Gasteiger partial charge in [-0.05, 0) is 83.5 Å². The maximum absolute atomic E-state index is 12.9. The molecule has 9 heteroatoms. The van der Waals surface area contributed by atoms with Crippen LogP contribution in [0.25, 0.3) is 0 Å². The number of hydrogen-bond donors (Lipinski definition) is 0. The van der Waals surface area contributed by atoms with E-state index in [2.05, 4.69) is 86.8 Å². The number of allylic oxidation sites excluding steroid dienone is 12. The zero-order valence-corrected chi connectivity index (χ0v) is 55.1. The molecule has 0 aromatic carbocycles. The van der Waals surface area contributed by atoms with Gasteiger partial charge in [-0.2, -0.15) is 0 Å². The third-order valence-corrected chi connectivity index (χ3v) is 15.4. The van der Waals surface area contributed by atoms with Crippen molar-refractivity contribution >= 4 is 17.9 Å². The average Bonchev–Trinajstić information content (AvgIpc) is 3.46. The second-order valence-electron chi connectivity index (χ2n) is 24.8. The summed E-state index contributed by atoms with van der Waals surface area (Å²) in [5.41, 5.74) is 0. The molecule has 0 rings (SSSR count). The number of carboxylic acid groups (broad SMARTS) is 1. The summed E-state index contributed by atoms with van der Waals surface area (Å²) in [6.07, 6.45) is 82.7. The van der Waals surface area contributed by atoms with Gasteiger partial charge in [-0.15, -0.1) is 0 Å². The van der Waals surface area contributed by atoms with Crippen LogP contribution in [0.3, 0.4) is 0 Å². The van der Waals surface area contributed by atoms with Gasteiger partial charge in [0.05, 0.1) is 40.3 Å². The lowest BCUT2D eigenvalue weighted by molar-refractivity contribution is -0.870. The Hall–Kier alpha value is -3.27. The number of aliphatic carboxylic acids is 1. The van der Waals surface area contributed by atoms with Crippen LogP contribution in [0.15, 0.2) is 72.9 Å². The summed E-state index contributed by atoms with van der Waals surface area (Å²) in [5, 5.41) is 11.8. The summed E-state index contributed by atoms with van der Waals surface area (Å²) < 4.78 is 22.8. The minimum Gasteiger partial charge on any atom is -0.545 e. The number of rotatable bonds is 65.